The van der Waals surface area contributed by atoms with Crippen LogP contribution in [0.15, 0.2) is 83.5 Å². The zero-order valence-electron chi connectivity index (χ0n) is 17.3. The van der Waals surface area contributed by atoms with E-state index in [4.69, 9.17) is 15.8 Å². The molecular formula is C26H22BrClN4. The van der Waals surface area contributed by atoms with Crippen LogP contribution in [0, 0.1) is 0 Å². The molecular weight excluding hydrogens is 484 g/mol. The van der Waals surface area contributed by atoms with Gasteiger partial charge in [0.05, 0.1) is 5.69 Å². The zero-order chi connectivity index (χ0) is 21.0. The molecule has 4 nitrogen and oxygen atoms in total. The van der Waals surface area contributed by atoms with E-state index >= 15 is 0 Å². The molecule has 0 bridgehead atoms. The van der Waals surface area contributed by atoms with Crippen molar-refractivity contribution >= 4 is 44.9 Å². The van der Waals surface area contributed by atoms with E-state index in [1.165, 1.54) is 12.0 Å². The largest absolute Gasteiger partial charge is 0.321 e. The number of hydrogen-bond donors (Lipinski definition) is 1. The third-order valence-corrected chi connectivity index (χ3v) is 7.08. The molecule has 0 aliphatic heterocycles. The number of benzene rings is 3. The van der Waals surface area contributed by atoms with Crippen LogP contribution in [0.2, 0.25) is 0 Å². The Kier molecular flexibility index (Phi) is 5.28. The Morgan fingerprint density at radius 1 is 0.875 bits per heavy atom. The fraction of sp³-hybridized carbons (Fsp3) is 0.154. The van der Waals surface area contributed by atoms with Gasteiger partial charge in [0.1, 0.15) is 5.52 Å². The van der Waals surface area contributed by atoms with Gasteiger partial charge in [-0.15, -0.1) is 12.4 Å². The van der Waals surface area contributed by atoms with E-state index in [0.29, 0.717) is 0 Å². The Morgan fingerprint density at radius 3 is 2.31 bits per heavy atom. The molecule has 2 N–H and O–H groups in total. The highest BCUT2D eigenvalue weighted by molar-refractivity contribution is 9.10. The normalized spacial score (nSPS) is 14.8. The van der Waals surface area contributed by atoms with Gasteiger partial charge in [0.2, 0.25) is 0 Å². The fourth-order valence-electron chi connectivity index (χ4n) is 4.48. The van der Waals surface area contributed by atoms with Crippen LogP contribution in [0.3, 0.4) is 0 Å². The summed E-state index contributed by atoms with van der Waals surface area (Å²) in [7, 11) is 0. The molecule has 1 aliphatic carbocycles. The lowest BCUT2D eigenvalue weighted by molar-refractivity contribution is 0.253. The quantitative estimate of drug-likeness (QED) is 0.295. The van der Waals surface area contributed by atoms with Crippen LogP contribution in [0.25, 0.3) is 38.9 Å². The van der Waals surface area contributed by atoms with Crippen LogP contribution in [0.1, 0.15) is 24.8 Å². The molecule has 2 heterocycles. The van der Waals surface area contributed by atoms with Gasteiger partial charge in [-0.2, -0.15) is 5.10 Å². The van der Waals surface area contributed by atoms with Crippen LogP contribution in [-0.2, 0) is 5.54 Å². The number of nitrogens with zero attached hydrogens (tertiary/aromatic N) is 3. The van der Waals surface area contributed by atoms with Crippen molar-refractivity contribution in [2.45, 2.75) is 24.8 Å². The maximum Gasteiger partial charge on any atom is 0.163 e. The summed E-state index contributed by atoms with van der Waals surface area (Å²) in [6.07, 6.45) is 5.41. The summed E-state index contributed by atoms with van der Waals surface area (Å²) in [5.74, 6) is 0. The predicted molar refractivity (Wildman–Crippen MR) is 136 cm³/mol. The summed E-state index contributed by atoms with van der Waals surface area (Å²) in [5.41, 5.74) is 13.6. The van der Waals surface area contributed by atoms with Gasteiger partial charge in [0.15, 0.2) is 5.65 Å². The Morgan fingerprint density at radius 2 is 1.62 bits per heavy atom. The smallest absolute Gasteiger partial charge is 0.163 e. The molecule has 1 aliphatic rings. The summed E-state index contributed by atoms with van der Waals surface area (Å²) < 4.78 is 2.86. The fourth-order valence-corrected chi connectivity index (χ4v) is 4.93. The van der Waals surface area contributed by atoms with E-state index in [9.17, 15) is 0 Å². The van der Waals surface area contributed by atoms with Crippen molar-refractivity contribution in [3.63, 3.8) is 0 Å². The van der Waals surface area contributed by atoms with Crippen LogP contribution in [0.5, 0.6) is 0 Å². The first kappa shape index (κ1) is 21.1. The second-order valence-electron chi connectivity index (χ2n) is 8.36. The molecule has 0 radical (unpaired) electrons. The molecule has 0 spiro atoms. The van der Waals surface area contributed by atoms with Crippen molar-refractivity contribution in [2.75, 3.05) is 0 Å². The van der Waals surface area contributed by atoms with E-state index < -0.39 is 0 Å². The standard InChI is InChI=1S/C26H21BrN4.ClH/c27-22-9-4-8-20-24(22)30-31-16-21(17-6-2-1-3-7-17)23(29-25(20)31)18-10-12-19(13-11-18)26(28)14-5-15-26;/h1-4,6-13,16H,5,14-15,28H2;1H. The highest BCUT2D eigenvalue weighted by Crippen LogP contribution is 2.40. The minimum atomic E-state index is -0.161. The van der Waals surface area contributed by atoms with Crippen LogP contribution in [-0.4, -0.2) is 14.6 Å². The van der Waals surface area contributed by atoms with E-state index in [1.54, 1.807) is 0 Å². The first-order valence-electron chi connectivity index (χ1n) is 10.6. The van der Waals surface area contributed by atoms with Crippen LogP contribution in [0.4, 0.5) is 0 Å². The van der Waals surface area contributed by atoms with Crippen LogP contribution < -0.4 is 5.73 Å². The molecule has 1 saturated carbocycles. The van der Waals surface area contributed by atoms with Crippen molar-refractivity contribution in [2.24, 2.45) is 5.73 Å². The Balaban J connectivity index is 0.00000216. The van der Waals surface area contributed by atoms with E-state index in [-0.39, 0.29) is 17.9 Å². The molecule has 1 fully saturated rings. The second kappa shape index (κ2) is 8.00. The van der Waals surface area contributed by atoms with Gasteiger partial charge in [-0.1, -0.05) is 60.7 Å². The van der Waals surface area contributed by atoms with Crippen molar-refractivity contribution in [1.29, 1.82) is 0 Å². The molecule has 32 heavy (non-hydrogen) atoms. The molecule has 3 aromatic carbocycles. The van der Waals surface area contributed by atoms with E-state index in [1.807, 2.05) is 22.7 Å². The molecule has 0 atom stereocenters. The van der Waals surface area contributed by atoms with Gasteiger partial charge in [0, 0.05) is 32.7 Å². The van der Waals surface area contributed by atoms with E-state index in [0.717, 1.165) is 56.2 Å². The highest BCUT2D eigenvalue weighted by Gasteiger charge is 2.34. The average Bonchev–Trinajstić information content (AvgIpc) is 3.16. The molecule has 5 aromatic rings. The van der Waals surface area contributed by atoms with Crippen LogP contribution >= 0.6 is 28.3 Å². The maximum atomic E-state index is 6.54. The Hall–Kier alpha value is -2.73. The van der Waals surface area contributed by atoms with Crippen molar-refractivity contribution in [1.82, 2.24) is 14.6 Å². The third-order valence-electron chi connectivity index (χ3n) is 6.44. The van der Waals surface area contributed by atoms with Crippen molar-refractivity contribution in [3.8, 4) is 22.4 Å². The number of halogens is 2. The number of rotatable bonds is 3. The zero-order valence-corrected chi connectivity index (χ0v) is 19.7. The lowest BCUT2D eigenvalue weighted by Crippen LogP contribution is -2.43. The molecule has 0 amide bonds. The molecule has 2 aromatic heterocycles. The van der Waals surface area contributed by atoms with Gasteiger partial charge in [-0.05, 0) is 58.5 Å². The van der Waals surface area contributed by atoms with Crippen molar-refractivity contribution in [3.05, 3.63) is 89.0 Å². The van der Waals surface area contributed by atoms with Gasteiger partial charge < -0.3 is 5.73 Å². The monoisotopic (exact) mass is 504 g/mol. The summed E-state index contributed by atoms with van der Waals surface area (Å²) in [6.45, 7) is 0. The first-order valence-corrected chi connectivity index (χ1v) is 11.3. The summed E-state index contributed by atoms with van der Waals surface area (Å²) >= 11 is 3.63. The number of hydrogen-bond acceptors (Lipinski definition) is 3. The SMILES string of the molecule is Cl.NC1(c2ccc(-c3nc4c5cccc(Br)c5nn4cc3-c3ccccc3)cc2)CCC1. The van der Waals surface area contributed by atoms with Gasteiger partial charge in [0.25, 0.3) is 0 Å². The lowest BCUT2D eigenvalue weighted by atomic mass is 9.72. The minimum Gasteiger partial charge on any atom is -0.321 e. The summed E-state index contributed by atoms with van der Waals surface area (Å²) in [4.78, 5) is 5.13. The molecule has 160 valence electrons. The van der Waals surface area contributed by atoms with Gasteiger partial charge in [-0.3, -0.25) is 0 Å². The predicted octanol–water partition coefficient (Wildman–Crippen LogP) is 6.74. The molecule has 0 unspecified atom stereocenters. The molecule has 0 saturated heterocycles. The maximum absolute atomic E-state index is 6.54. The van der Waals surface area contributed by atoms with E-state index in [2.05, 4.69) is 76.7 Å². The first-order chi connectivity index (χ1) is 15.1. The number of aromatic nitrogens is 3. The lowest BCUT2D eigenvalue weighted by Gasteiger charge is -2.38. The molecule has 6 heteroatoms. The third kappa shape index (κ3) is 3.32. The summed E-state index contributed by atoms with van der Waals surface area (Å²) in [6, 6.07) is 25.1. The highest BCUT2D eigenvalue weighted by atomic mass is 79.9. The number of nitrogens with two attached hydrogens (primary N) is 1. The minimum absolute atomic E-state index is 0. The molecule has 6 rings (SSSR count). The van der Waals surface area contributed by atoms with Crippen molar-refractivity contribution < 1.29 is 0 Å². The van der Waals surface area contributed by atoms with Gasteiger partial charge >= 0.3 is 0 Å². The average molecular weight is 506 g/mol. The van der Waals surface area contributed by atoms with Gasteiger partial charge in [-0.25, -0.2) is 9.50 Å². The topological polar surface area (TPSA) is 56.2 Å². The second-order valence-corrected chi connectivity index (χ2v) is 9.21. The Bertz CT molecular complexity index is 1420. The number of fused-ring (bicyclic) bond motifs is 3. The summed E-state index contributed by atoms with van der Waals surface area (Å²) in [5, 5.41) is 5.82. The Labute approximate surface area is 201 Å².